The minimum Gasteiger partial charge on any atom is -0.387 e. The van der Waals surface area contributed by atoms with Crippen molar-refractivity contribution in [3.8, 4) is 0 Å². The molecule has 5 N–H and O–H groups in total. The summed E-state index contributed by atoms with van der Waals surface area (Å²) >= 11 is 0. The van der Waals surface area contributed by atoms with Crippen LogP contribution in [0.15, 0.2) is 24.3 Å². The third kappa shape index (κ3) is 37.1. The minimum atomic E-state index is -4.33. The molecule has 1 amide bonds. The molecular weight excluding hydrogens is 659 g/mol. The number of rotatable bonds is 40. The van der Waals surface area contributed by atoms with Crippen molar-refractivity contribution in [1.29, 1.82) is 0 Å². The van der Waals surface area contributed by atoms with E-state index in [0.717, 1.165) is 38.5 Å². The maximum atomic E-state index is 12.7. The Balaban J connectivity index is 4.12. The zero-order valence-corrected chi connectivity index (χ0v) is 34.2. The number of unbranched alkanes of at least 4 members (excludes halogenated alkanes) is 26. The van der Waals surface area contributed by atoms with Crippen LogP contribution in [-0.2, 0) is 18.4 Å². The highest BCUT2D eigenvalue weighted by atomic mass is 31.2. The second-order valence-corrected chi connectivity index (χ2v) is 16.0. The van der Waals surface area contributed by atoms with Gasteiger partial charge in [-0.05, 0) is 44.9 Å². The summed E-state index contributed by atoms with van der Waals surface area (Å²) < 4.78 is 22.1. The molecule has 3 atom stereocenters. The Morgan fingerprint density at radius 1 is 0.627 bits per heavy atom. The molecule has 0 rings (SSSR count). The Morgan fingerprint density at radius 3 is 1.45 bits per heavy atom. The number of aliphatic hydroxyl groups excluding tert-OH is 1. The molecule has 8 nitrogen and oxygen atoms in total. The number of phosphoric acid groups is 1. The van der Waals surface area contributed by atoms with Gasteiger partial charge in [0.05, 0.1) is 25.4 Å². The number of amides is 1. The highest BCUT2D eigenvalue weighted by Crippen LogP contribution is 2.43. The maximum Gasteiger partial charge on any atom is 0.472 e. The molecular formula is C42H83N2O6P. The topological polar surface area (TPSA) is 131 Å². The summed E-state index contributed by atoms with van der Waals surface area (Å²) in [6.07, 6.45) is 43.7. The molecule has 0 aromatic carbocycles. The third-order valence-corrected chi connectivity index (χ3v) is 10.5. The van der Waals surface area contributed by atoms with Crippen LogP contribution in [0.1, 0.15) is 206 Å². The second kappa shape index (κ2) is 38.7. The number of hydrogen-bond acceptors (Lipinski definition) is 6. The lowest BCUT2D eigenvalue weighted by Crippen LogP contribution is -2.45. The van der Waals surface area contributed by atoms with Crippen LogP contribution in [0.2, 0.25) is 0 Å². The fraction of sp³-hybridized carbons (Fsp3) is 0.881. The zero-order valence-electron chi connectivity index (χ0n) is 33.4. The number of aliphatic hydroxyl groups is 1. The van der Waals surface area contributed by atoms with E-state index in [9.17, 15) is 19.4 Å². The Hall–Kier alpha value is -1.02. The summed E-state index contributed by atoms with van der Waals surface area (Å²) in [4.78, 5) is 22.6. The lowest BCUT2D eigenvalue weighted by atomic mass is 10.0. The van der Waals surface area contributed by atoms with Gasteiger partial charge in [-0.3, -0.25) is 13.8 Å². The summed E-state index contributed by atoms with van der Waals surface area (Å²) in [6.45, 7) is 4.12. The molecule has 9 heteroatoms. The summed E-state index contributed by atoms with van der Waals surface area (Å²) in [7, 11) is -4.33. The van der Waals surface area contributed by atoms with Crippen LogP contribution in [0.3, 0.4) is 0 Å². The van der Waals surface area contributed by atoms with Gasteiger partial charge in [0.25, 0.3) is 0 Å². The summed E-state index contributed by atoms with van der Waals surface area (Å²) in [6, 6.07) is -0.857. The van der Waals surface area contributed by atoms with Crippen LogP contribution in [0.5, 0.6) is 0 Å². The quantitative estimate of drug-likeness (QED) is 0.0279. The predicted octanol–water partition coefficient (Wildman–Crippen LogP) is 11.8. The molecule has 0 aliphatic carbocycles. The van der Waals surface area contributed by atoms with Gasteiger partial charge in [0.15, 0.2) is 0 Å². The van der Waals surface area contributed by atoms with E-state index in [-0.39, 0.29) is 25.7 Å². The van der Waals surface area contributed by atoms with Crippen LogP contribution >= 0.6 is 7.82 Å². The van der Waals surface area contributed by atoms with Crippen molar-refractivity contribution in [3.63, 3.8) is 0 Å². The van der Waals surface area contributed by atoms with Crippen molar-refractivity contribution in [2.24, 2.45) is 5.73 Å². The monoisotopic (exact) mass is 743 g/mol. The van der Waals surface area contributed by atoms with Crippen molar-refractivity contribution in [3.05, 3.63) is 24.3 Å². The predicted molar refractivity (Wildman–Crippen MR) is 217 cm³/mol. The lowest BCUT2D eigenvalue weighted by molar-refractivity contribution is -0.123. The lowest BCUT2D eigenvalue weighted by Gasteiger charge is -2.23. The molecule has 0 radical (unpaired) electrons. The molecule has 0 fully saturated rings. The fourth-order valence-corrected chi connectivity index (χ4v) is 7.00. The largest absolute Gasteiger partial charge is 0.472 e. The van der Waals surface area contributed by atoms with Crippen LogP contribution < -0.4 is 11.1 Å². The van der Waals surface area contributed by atoms with Crippen molar-refractivity contribution >= 4 is 13.7 Å². The number of phosphoric ester groups is 1. The zero-order chi connectivity index (χ0) is 37.5. The van der Waals surface area contributed by atoms with Crippen molar-refractivity contribution in [1.82, 2.24) is 5.32 Å². The van der Waals surface area contributed by atoms with Gasteiger partial charge in [-0.2, -0.15) is 0 Å². The molecule has 0 aromatic heterocycles. The normalized spacial score (nSPS) is 14.4. The van der Waals surface area contributed by atoms with Crippen molar-refractivity contribution < 1.29 is 28.4 Å². The first-order chi connectivity index (χ1) is 24.9. The van der Waals surface area contributed by atoms with Gasteiger partial charge >= 0.3 is 7.82 Å². The van der Waals surface area contributed by atoms with Gasteiger partial charge in [0.1, 0.15) is 0 Å². The number of carbonyl (C=O) groups is 1. The first-order valence-electron chi connectivity index (χ1n) is 21.5. The van der Waals surface area contributed by atoms with Crippen molar-refractivity contribution in [2.75, 3.05) is 19.8 Å². The molecule has 3 unspecified atom stereocenters. The molecule has 0 spiro atoms. The first-order valence-corrected chi connectivity index (χ1v) is 23.0. The average molecular weight is 743 g/mol. The van der Waals surface area contributed by atoms with E-state index >= 15 is 0 Å². The van der Waals surface area contributed by atoms with Gasteiger partial charge in [0, 0.05) is 13.0 Å². The van der Waals surface area contributed by atoms with Gasteiger partial charge in [-0.15, -0.1) is 0 Å². The molecule has 0 aliphatic heterocycles. The van der Waals surface area contributed by atoms with E-state index in [1.807, 2.05) is 6.08 Å². The van der Waals surface area contributed by atoms with Gasteiger partial charge in [0.2, 0.25) is 5.91 Å². The van der Waals surface area contributed by atoms with Crippen LogP contribution in [0.4, 0.5) is 0 Å². The van der Waals surface area contributed by atoms with E-state index in [2.05, 4.69) is 31.3 Å². The molecule has 0 saturated carbocycles. The van der Waals surface area contributed by atoms with E-state index < -0.39 is 20.0 Å². The Morgan fingerprint density at radius 2 is 1.02 bits per heavy atom. The number of carbonyl (C=O) groups excluding carboxylic acids is 1. The summed E-state index contributed by atoms with van der Waals surface area (Å²) in [5, 5.41) is 13.6. The molecule has 0 heterocycles. The number of nitrogens with two attached hydrogens (primary N) is 1. The second-order valence-electron chi connectivity index (χ2n) is 14.6. The molecule has 302 valence electrons. The standard InChI is InChI=1S/C42H83N2O6P/c1-3-5-7-9-11-13-15-16-17-18-19-20-21-22-23-24-26-28-30-32-34-36-42(46)44-40(39-50-51(47,48)49-38-37-43)41(45)35-33-31-29-27-25-14-12-10-8-6-4-2/h18-19,33,35,40-41,45H,3-17,20-32,34,36-39,43H2,1-2H3,(H,44,46)(H,47,48)/b19-18-,35-33+. The Bertz CT molecular complexity index is 855. The first kappa shape index (κ1) is 50.0. The van der Waals surface area contributed by atoms with Crippen LogP contribution in [0.25, 0.3) is 0 Å². The summed E-state index contributed by atoms with van der Waals surface area (Å²) in [5.74, 6) is -0.197. The minimum absolute atomic E-state index is 0.0790. The maximum absolute atomic E-state index is 12.7. The fourth-order valence-electron chi connectivity index (χ4n) is 6.24. The molecule has 0 aliphatic rings. The van der Waals surface area contributed by atoms with Crippen molar-refractivity contribution in [2.45, 2.75) is 219 Å². The third-order valence-electron chi connectivity index (χ3n) is 9.52. The highest BCUT2D eigenvalue weighted by molar-refractivity contribution is 7.47. The van der Waals surface area contributed by atoms with E-state index in [1.165, 1.54) is 148 Å². The molecule has 51 heavy (non-hydrogen) atoms. The Labute approximate surface area is 315 Å². The number of allylic oxidation sites excluding steroid dienone is 3. The number of nitrogens with one attached hydrogen (secondary N) is 1. The van der Waals surface area contributed by atoms with Gasteiger partial charge in [-0.25, -0.2) is 4.57 Å². The molecule has 0 saturated heterocycles. The molecule has 0 bridgehead atoms. The Kier molecular flexibility index (Phi) is 37.9. The number of hydrogen-bond donors (Lipinski definition) is 4. The highest BCUT2D eigenvalue weighted by Gasteiger charge is 2.26. The van der Waals surface area contributed by atoms with Gasteiger partial charge < -0.3 is 21.1 Å². The van der Waals surface area contributed by atoms with E-state index in [1.54, 1.807) is 6.08 Å². The van der Waals surface area contributed by atoms with Gasteiger partial charge in [-0.1, -0.05) is 179 Å². The summed E-state index contributed by atoms with van der Waals surface area (Å²) in [5.41, 5.74) is 5.36. The molecule has 0 aromatic rings. The average Bonchev–Trinajstić information content (AvgIpc) is 3.12. The van der Waals surface area contributed by atoms with Crippen LogP contribution in [0, 0.1) is 0 Å². The smallest absolute Gasteiger partial charge is 0.387 e. The van der Waals surface area contributed by atoms with E-state index in [4.69, 9.17) is 14.8 Å². The van der Waals surface area contributed by atoms with Crippen LogP contribution in [-0.4, -0.2) is 47.8 Å². The SMILES string of the molecule is CCCCCCCCCC/C=C\CCCCCCCCCCCC(=O)NC(COP(=O)(O)OCCN)C(O)/C=C/CCCCCCCCCCC. The van der Waals surface area contributed by atoms with E-state index in [0.29, 0.717) is 6.42 Å².